The fourth-order valence-corrected chi connectivity index (χ4v) is 1.88. The number of hydrogen-bond acceptors (Lipinski definition) is 0. The highest BCUT2D eigenvalue weighted by molar-refractivity contribution is 5.48. The summed E-state index contributed by atoms with van der Waals surface area (Å²) in [6.07, 6.45) is 10.8. The van der Waals surface area contributed by atoms with Crippen LogP contribution in [-0.2, 0) is 0 Å². The second-order valence-corrected chi connectivity index (χ2v) is 4.31. The van der Waals surface area contributed by atoms with E-state index in [0.717, 1.165) is 6.42 Å². The van der Waals surface area contributed by atoms with Crippen LogP contribution in [0.25, 0.3) is 6.08 Å². The standard InChI is InChI=1S/C16H23/c1-3-5-10-15(9-4-2)13-14-16-11-7-6-8-12-16/h6-8,11-15H,2-5,9-10H2,1H3/t15-/m0/s1. The number of unbranched alkanes of at least 4 members (excludes halogenated alkanes) is 1. The molecule has 0 spiro atoms. The minimum absolute atomic E-state index is 0.706. The second kappa shape index (κ2) is 8.15. The molecule has 1 atom stereocenters. The molecule has 0 aromatic heterocycles. The van der Waals surface area contributed by atoms with Crippen molar-refractivity contribution in [3.63, 3.8) is 0 Å². The zero-order valence-electron chi connectivity index (χ0n) is 10.4. The summed E-state index contributed by atoms with van der Waals surface area (Å²) in [5, 5.41) is 0. The number of benzene rings is 1. The predicted octanol–water partition coefficient (Wildman–Crippen LogP) is 5.12. The van der Waals surface area contributed by atoms with E-state index in [1.165, 1.54) is 31.2 Å². The molecule has 0 aliphatic carbocycles. The van der Waals surface area contributed by atoms with Gasteiger partial charge in [-0.05, 0) is 24.3 Å². The van der Waals surface area contributed by atoms with Gasteiger partial charge in [0.25, 0.3) is 0 Å². The monoisotopic (exact) mass is 215 g/mol. The summed E-state index contributed by atoms with van der Waals surface area (Å²) in [5.74, 6) is 0.706. The zero-order chi connectivity index (χ0) is 11.6. The average molecular weight is 215 g/mol. The molecule has 0 saturated heterocycles. The van der Waals surface area contributed by atoms with E-state index in [-0.39, 0.29) is 0 Å². The van der Waals surface area contributed by atoms with Crippen LogP contribution in [0.4, 0.5) is 0 Å². The Hall–Kier alpha value is -1.04. The van der Waals surface area contributed by atoms with Crippen LogP contribution in [0.1, 0.15) is 44.6 Å². The van der Waals surface area contributed by atoms with Crippen molar-refractivity contribution in [2.24, 2.45) is 5.92 Å². The molecule has 1 aromatic carbocycles. The van der Waals surface area contributed by atoms with Crippen molar-refractivity contribution in [2.75, 3.05) is 0 Å². The Morgan fingerprint density at radius 2 is 1.94 bits per heavy atom. The maximum atomic E-state index is 3.95. The highest BCUT2D eigenvalue weighted by Gasteiger charge is 2.02. The Kier molecular flexibility index (Phi) is 6.64. The van der Waals surface area contributed by atoms with Gasteiger partial charge in [0.1, 0.15) is 0 Å². The van der Waals surface area contributed by atoms with E-state index in [0.29, 0.717) is 5.92 Å². The number of rotatable bonds is 7. The van der Waals surface area contributed by atoms with Gasteiger partial charge in [-0.3, -0.25) is 0 Å². The quantitative estimate of drug-likeness (QED) is 0.592. The fourth-order valence-electron chi connectivity index (χ4n) is 1.88. The summed E-state index contributed by atoms with van der Waals surface area (Å²) < 4.78 is 0. The van der Waals surface area contributed by atoms with Gasteiger partial charge < -0.3 is 0 Å². The molecule has 87 valence electrons. The van der Waals surface area contributed by atoms with Crippen molar-refractivity contribution >= 4 is 6.08 Å². The summed E-state index contributed by atoms with van der Waals surface area (Å²) in [5.41, 5.74) is 1.30. The van der Waals surface area contributed by atoms with Crippen LogP contribution in [0, 0.1) is 12.8 Å². The van der Waals surface area contributed by atoms with Crippen LogP contribution < -0.4 is 0 Å². The average Bonchev–Trinajstić information content (AvgIpc) is 2.34. The summed E-state index contributed by atoms with van der Waals surface area (Å²) in [6, 6.07) is 10.5. The molecule has 0 aliphatic heterocycles. The normalized spacial score (nSPS) is 13.1. The lowest BCUT2D eigenvalue weighted by molar-refractivity contribution is 0.523. The maximum Gasteiger partial charge on any atom is -0.0230 e. The van der Waals surface area contributed by atoms with E-state index in [4.69, 9.17) is 0 Å². The third-order valence-electron chi connectivity index (χ3n) is 2.86. The van der Waals surface area contributed by atoms with Gasteiger partial charge in [0, 0.05) is 0 Å². The molecule has 0 amide bonds. The summed E-state index contributed by atoms with van der Waals surface area (Å²) >= 11 is 0. The van der Waals surface area contributed by atoms with Gasteiger partial charge in [0.05, 0.1) is 0 Å². The Labute approximate surface area is 100 Å². The maximum absolute atomic E-state index is 3.95. The minimum Gasteiger partial charge on any atom is -0.0808 e. The number of allylic oxidation sites excluding steroid dienone is 1. The van der Waals surface area contributed by atoms with Crippen LogP contribution in [-0.4, -0.2) is 0 Å². The van der Waals surface area contributed by atoms with E-state index in [1.54, 1.807) is 0 Å². The molecule has 0 unspecified atom stereocenters. The van der Waals surface area contributed by atoms with Gasteiger partial charge in [0.15, 0.2) is 0 Å². The lowest BCUT2D eigenvalue weighted by Crippen LogP contribution is -1.95. The first-order valence-corrected chi connectivity index (χ1v) is 6.39. The van der Waals surface area contributed by atoms with E-state index in [2.05, 4.69) is 56.3 Å². The predicted molar refractivity (Wildman–Crippen MR) is 73.1 cm³/mol. The summed E-state index contributed by atoms with van der Waals surface area (Å²) in [6.45, 7) is 6.21. The molecule has 0 N–H and O–H groups in total. The zero-order valence-corrected chi connectivity index (χ0v) is 10.4. The largest absolute Gasteiger partial charge is 0.0808 e. The first-order chi connectivity index (χ1) is 7.86. The van der Waals surface area contributed by atoms with Crippen molar-refractivity contribution in [3.05, 3.63) is 48.9 Å². The topological polar surface area (TPSA) is 0 Å². The van der Waals surface area contributed by atoms with E-state index >= 15 is 0 Å². The van der Waals surface area contributed by atoms with Crippen LogP contribution in [0.15, 0.2) is 36.4 Å². The molecule has 0 saturated carbocycles. The molecule has 0 bridgehead atoms. The van der Waals surface area contributed by atoms with Gasteiger partial charge in [-0.1, -0.05) is 75.6 Å². The molecule has 1 aromatic rings. The smallest absolute Gasteiger partial charge is 0.0230 e. The Balaban J connectivity index is 2.50. The molecule has 1 radical (unpaired) electrons. The van der Waals surface area contributed by atoms with Crippen LogP contribution >= 0.6 is 0 Å². The molecule has 16 heavy (non-hydrogen) atoms. The highest BCUT2D eigenvalue weighted by Crippen LogP contribution is 2.17. The highest BCUT2D eigenvalue weighted by atomic mass is 14.1. The summed E-state index contributed by atoms with van der Waals surface area (Å²) in [7, 11) is 0. The van der Waals surface area contributed by atoms with E-state index in [1.807, 2.05) is 0 Å². The van der Waals surface area contributed by atoms with Crippen LogP contribution in [0.5, 0.6) is 0 Å². The van der Waals surface area contributed by atoms with Crippen molar-refractivity contribution < 1.29 is 0 Å². The Morgan fingerprint density at radius 3 is 2.56 bits per heavy atom. The van der Waals surface area contributed by atoms with Crippen molar-refractivity contribution in [1.82, 2.24) is 0 Å². The van der Waals surface area contributed by atoms with Gasteiger partial charge in [-0.15, -0.1) is 0 Å². The van der Waals surface area contributed by atoms with Crippen LogP contribution in [0.3, 0.4) is 0 Å². The third-order valence-corrected chi connectivity index (χ3v) is 2.86. The van der Waals surface area contributed by atoms with Gasteiger partial charge in [0.2, 0.25) is 0 Å². The number of hydrogen-bond donors (Lipinski definition) is 0. The molecule has 1 rings (SSSR count). The van der Waals surface area contributed by atoms with Crippen molar-refractivity contribution in [1.29, 1.82) is 0 Å². The molecule has 0 heterocycles. The van der Waals surface area contributed by atoms with Gasteiger partial charge in [-0.2, -0.15) is 0 Å². The van der Waals surface area contributed by atoms with E-state index < -0.39 is 0 Å². The second-order valence-electron chi connectivity index (χ2n) is 4.31. The SMILES string of the molecule is [CH2]CC[C@H](C=Cc1ccccc1)CCCC. The first-order valence-electron chi connectivity index (χ1n) is 6.39. The van der Waals surface area contributed by atoms with E-state index in [9.17, 15) is 0 Å². The van der Waals surface area contributed by atoms with Gasteiger partial charge >= 0.3 is 0 Å². The first kappa shape index (κ1) is 13.0. The Bertz CT molecular complexity index is 284. The molecule has 0 fully saturated rings. The fraction of sp³-hybridized carbons (Fsp3) is 0.438. The minimum atomic E-state index is 0.706. The van der Waals surface area contributed by atoms with Crippen molar-refractivity contribution in [3.8, 4) is 0 Å². The van der Waals surface area contributed by atoms with Gasteiger partial charge in [-0.25, -0.2) is 0 Å². The summed E-state index contributed by atoms with van der Waals surface area (Å²) in [4.78, 5) is 0. The van der Waals surface area contributed by atoms with Crippen molar-refractivity contribution in [2.45, 2.75) is 39.0 Å². The molecular weight excluding hydrogens is 192 g/mol. The Morgan fingerprint density at radius 1 is 1.19 bits per heavy atom. The molecular formula is C16H23. The van der Waals surface area contributed by atoms with Crippen LogP contribution in [0.2, 0.25) is 0 Å². The lowest BCUT2D eigenvalue weighted by Gasteiger charge is -2.10. The third kappa shape index (κ3) is 5.16. The molecule has 0 aliphatic rings. The molecule has 0 nitrogen and oxygen atoms in total. The lowest BCUT2D eigenvalue weighted by atomic mass is 9.96. The molecule has 0 heteroatoms.